The number of nitrogen functional groups attached to an aromatic ring is 2. The second kappa shape index (κ2) is 2.93. The van der Waals surface area contributed by atoms with E-state index < -0.39 is 0 Å². The highest BCUT2D eigenvalue weighted by atomic mass is 16.5. The second-order valence-electron chi connectivity index (χ2n) is 2.85. The Labute approximate surface area is 72.3 Å². The van der Waals surface area contributed by atoms with Gasteiger partial charge in [-0.05, 0) is 31.0 Å². The first-order chi connectivity index (χ1) is 5.57. The van der Waals surface area contributed by atoms with Crippen LogP contribution in [0.4, 0.5) is 11.4 Å². The minimum absolute atomic E-state index is 0.528. The lowest BCUT2D eigenvalue weighted by Crippen LogP contribution is -2.01. The molecule has 0 aliphatic heterocycles. The first-order valence-corrected chi connectivity index (χ1v) is 3.77. The Hall–Kier alpha value is -1.38. The van der Waals surface area contributed by atoms with E-state index in [1.165, 1.54) is 0 Å². The molecule has 1 rings (SSSR count). The van der Waals surface area contributed by atoms with Gasteiger partial charge in [-0.25, -0.2) is 0 Å². The molecule has 0 bridgehead atoms. The van der Waals surface area contributed by atoms with E-state index in [4.69, 9.17) is 16.2 Å². The maximum absolute atomic E-state index is 5.71. The number of aryl methyl sites for hydroxylation is 1. The zero-order valence-corrected chi connectivity index (χ0v) is 7.64. The van der Waals surface area contributed by atoms with Crippen LogP contribution in [0, 0.1) is 13.8 Å². The number of nitrogens with two attached hydrogens (primary N) is 2. The molecule has 0 atom stereocenters. The molecule has 3 heteroatoms. The monoisotopic (exact) mass is 166 g/mol. The number of rotatable bonds is 1. The highest BCUT2D eigenvalue weighted by Gasteiger charge is 2.08. The Kier molecular flexibility index (Phi) is 2.13. The molecular weight excluding hydrogens is 152 g/mol. The molecule has 0 aliphatic rings. The van der Waals surface area contributed by atoms with Gasteiger partial charge in [0.2, 0.25) is 0 Å². The van der Waals surface area contributed by atoms with Gasteiger partial charge in [-0.3, -0.25) is 0 Å². The molecule has 0 aromatic heterocycles. The van der Waals surface area contributed by atoms with Crippen molar-refractivity contribution in [3.8, 4) is 5.75 Å². The summed E-state index contributed by atoms with van der Waals surface area (Å²) >= 11 is 0. The normalized spacial score (nSPS) is 9.92. The quantitative estimate of drug-likeness (QED) is 0.621. The van der Waals surface area contributed by atoms with Gasteiger partial charge in [0.15, 0.2) is 0 Å². The summed E-state index contributed by atoms with van der Waals surface area (Å²) in [4.78, 5) is 0. The third-order valence-corrected chi connectivity index (χ3v) is 2.06. The Bertz CT molecular complexity index is 282. The summed E-state index contributed by atoms with van der Waals surface area (Å²) in [6, 6.07) is 1.85. The Morgan fingerprint density at radius 1 is 1.25 bits per heavy atom. The van der Waals surface area contributed by atoms with Crippen molar-refractivity contribution in [2.24, 2.45) is 0 Å². The number of benzene rings is 1. The largest absolute Gasteiger partial charge is 0.494 e. The summed E-state index contributed by atoms with van der Waals surface area (Å²) in [7, 11) is 1.59. The molecule has 3 nitrogen and oxygen atoms in total. The summed E-state index contributed by atoms with van der Waals surface area (Å²) in [6.45, 7) is 3.94. The van der Waals surface area contributed by atoms with E-state index >= 15 is 0 Å². The van der Waals surface area contributed by atoms with E-state index in [2.05, 4.69) is 0 Å². The Balaban J connectivity index is 3.42. The van der Waals surface area contributed by atoms with Crippen molar-refractivity contribution in [2.75, 3.05) is 18.6 Å². The Morgan fingerprint density at radius 3 is 2.33 bits per heavy atom. The van der Waals surface area contributed by atoms with Crippen molar-refractivity contribution in [1.82, 2.24) is 0 Å². The van der Waals surface area contributed by atoms with Gasteiger partial charge in [-0.2, -0.15) is 0 Å². The fraction of sp³-hybridized carbons (Fsp3) is 0.333. The minimum Gasteiger partial charge on any atom is -0.494 e. The van der Waals surface area contributed by atoms with Crippen molar-refractivity contribution in [1.29, 1.82) is 0 Å². The van der Waals surface area contributed by atoms with E-state index in [-0.39, 0.29) is 0 Å². The second-order valence-corrected chi connectivity index (χ2v) is 2.85. The smallest absolute Gasteiger partial charge is 0.147 e. The third kappa shape index (κ3) is 1.18. The predicted molar refractivity (Wildman–Crippen MR) is 51.3 cm³/mol. The van der Waals surface area contributed by atoms with Crippen LogP contribution in [-0.2, 0) is 0 Å². The van der Waals surface area contributed by atoms with Gasteiger partial charge in [-0.15, -0.1) is 0 Å². The van der Waals surface area contributed by atoms with Crippen LogP contribution in [0.25, 0.3) is 0 Å². The van der Waals surface area contributed by atoms with E-state index in [0.717, 1.165) is 11.1 Å². The molecule has 1 aromatic carbocycles. The van der Waals surface area contributed by atoms with Crippen LogP contribution in [0.5, 0.6) is 5.75 Å². The fourth-order valence-corrected chi connectivity index (χ4v) is 1.19. The van der Waals surface area contributed by atoms with Gasteiger partial charge >= 0.3 is 0 Å². The average molecular weight is 166 g/mol. The van der Waals surface area contributed by atoms with Gasteiger partial charge in [0.25, 0.3) is 0 Å². The highest BCUT2D eigenvalue weighted by Crippen LogP contribution is 2.33. The first kappa shape index (κ1) is 8.71. The summed E-state index contributed by atoms with van der Waals surface area (Å²) in [5.74, 6) is 0.688. The molecule has 0 radical (unpaired) electrons. The lowest BCUT2D eigenvalue weighted by Gasteiger charge is -2.12. The third-order valence-electron chi connectivity index (χ3n) is 2.06. The molecular formula is C9H14N2O. The summed E-state index contributed by atoms with van der Waals surface area (Å²) in [5.41, 5.74) is 14.6. The minimum atomic E-state index is 0.528. The molecule has 66 valence electrons. The zero-order valence-electron chi connectivity index (χ0n) is 7.64. The first-order valence-electron chi connectivity index (χ1n) is 3.77. The molecule has 0 heterocycles. The van der Waals surface area contributed by atoms with Crippen molar-refractivity contribution in [3.05, 3.63) is 17.2 Å². The number of anilines is 2. The number of hydrogen-bond donors (Lipinski definition) is 2. The molecule has 0 saturated carbocycles. The van der Waals surface area contributed by atoms with Crippen LogP contribution in [-0.4, -0.2) is 7.11 Å². The van der Waals surface area contributed by atoms with E-state index in [1.807, 2.05) is 19.9 Å². The van der Waals surface area contributed by atoms with Crippen LogP contribution >= 0.6 is 0 Å². The van der Waals surface area contributed by atoms with Crippen molar-refractivity contribution in [2.45, 2.75) is 13.8 Å². The average Bonchev–Trinajstić information content (AvgIpc) is 2.02. The molecule has 0 amide bonds. The van der Waals surface area contributed by atoms with E-state index in [9.17, 15) is 0 Å². The molecule has 0 fully saturated rings. The van der Waals surface area contributed by atoms with E-state index in [0.29, 0.717) is 17.1 Å². The predicted octanol–water partition coefficient (Wildman–Crippen LogP) is 1.48. The van der Waals surface area contributed by atoms with Gasteiger partial charge in [0, 0.05) is 0 Å². The molecule has 0 unspecified atom stereocenters. The van der Waals surface area contributed by atoms with Crippen molar-refractivity contribution < 1.29 is 4.74 Å². The molecule has 0 spiro atoms. The molecule has 0 aliphatic carbocycles. The molecule has 12 heavy (non-hydrogen) atoms. The fourth-order valence-electron chi connectivity index (χ4n) is 1.19. The van der Waals surface area contributed by atoms with Gasteiger partial charge < -0.3 is 16.2 Å². The van der Waals surface area contributed by atoms with Crippen molar-refractivity contribution >= 4 is 11.4 Å². The van der Waals surface area contributed by atoms with Gasteiger partial charge in [0.1, 0.15) is 5.75 Å². The molecule has 4 N–H and O–H groups in total. The van der Waals surface area contributed by atoms with Crippen LogP contribution in [0.1, 0.15) is 11.1 Å². The number of ether oxygens (including phenoxy) is 1. The van der Waals surface area contributed by atoms with Gasteiger partial charge in [-0.1, -0.05) is 0 Å². The topological polar surface area (TPSA) is 61.3 Å². The lowest BCUT2D eigenvalue weighted by molar-refractivity contribution is 0.414. The standard InChI is InChI=1S/C9H14N2O/c1-5-4-7(10)8(11)9(12-3)6(5)2/h4H,10-11H2,1-3H3. The Morgan fingerprint density at radius 2 is 1.83 bits per heavy atom. The molecule has 0 saturated heterocycles. The van der Waals surface area contributed by atoms with E-state index in [1.54, 1.807) is 7.11 Å². The van der Waals surface area contributed by atoms with Crippen LogP contribution in [0.2, 0.25) is 0 Å². The van der Waals surface area contributed by atoms with Gasteiger partial charge in [0.05, 0.1) is 18.5 Å². The lowest BCUT2D eigenvalue weighted by atomic mass is 10.1. The maximum Gasteiger partial charge on any atom is 0.147 e. The van der Waals surface area contributed by atoms with Crippen molar-refractivity contribution in [3.63, 3.8) is 0 Å². The molecule has 1 aromatic rings. The number of hydrogen-bond acceptors (Lipinski definition) is 3. The van der Waals surface area contributed by atoms with Crippen LogP contribution in [0.15, 0.2) is 6.07 Å². The van der Waals surface area contributed by atoms with Crippen LogP contribution < -0.4 is 16.2 Å². The SMILES string of the molecule is COc1c(C)c(C)cc(N)c1N. The maximum atomic E-state index is 5.71. The van der Waals surface area contributed by atoms with Crippen LogP contribution in [0.3, 0.4) is 0 Å². The summed E-state index contributed by atoms with van der Waals surface area (Å²) < 4.78 is 5.13. The zero-order chi connectivity index (χ0) is 9.30. The summed E-state index contributed by atoms with van der Waals surface area (Å²) in [6.07, 6.45) is 0. The summed E-state index contributed by atoms with van der Waals surface area (Å²) in [5, 5.41) is 0. The number of methoxy groups -OCH3 is 1. The highest BCUT2D eigenvalue weighted by molar-refractivity contribution is 5.74.